The summed E-state index contributed by atoms with van der Waals surface area (Å²) < 4.78 is 10.1. The standard InChI is InChI=1S/C15H18N6O6/c1-26-8-3-7(4-9(27-2)11(8)23)5-16-20-10(22)6-21-13-12(18-15(21)25)17-14(24)19-13/h3-5,12-13,23H,6H2,1-2H3,(H,18,25)(H,20,22)(H2,17,19,24)/b16-5-/t12-,13+/m1/s1. The van der Waals surface area contributed by atoms with Crippen LogP contribution in [0.3, 0.4) is 0 Å². The third kappa shape index (κ3) is 3.63. The zero-order valence-electron chi connectivity index (χ0n) is 14.5. The van der Waals surface area contributed by atoms with Crippen LogP contribution in [0.1, 0.15) is 5.56 Å². The zero-order valence-corrected chi connectivity index (χ0v) is 14.5. The third-order valence-corrected chi connectivity index (χ3v) is 3.98. The van der Waals surface area contributed by atoms with E-state index in [0.29, 0.717) is 5.56 Å². The van der Waals surface area contributed by atoms with Gasteiger partial charge in [-0.25, -0.2) is 15.0 Å². The molecule has 0 radical (unpaired) electrons. The molecule has 2 fully saturated rings. The van der Waals surface area contributed by atoms with Gasteiger partial charge in [0.05, 0.1) is 20.4 Å². The van der Waals surface area contributed by atoms with Crippen LogP contribution in [0, 0.1) is 0 Å². The van der Waals surface area contributed by atoms with E-state index in [9.17, 15) is 19.5 Å². The number of fused-ring (bicyclic) bond motifs is 1. The van der Waals surface area contributed by atoms with Crippen molar-refractivity contribution in [3.8, 4) is 17.2 Å². The molecule has 1 aromatic rings. The fourth-order valence-corrected chi connectivity index (χ4v) is 2.72. The number of rotatable bonds is 6. The van der Waals surface area contributed by atoms with Gasteiger partial charge in [-0.1, -0.05) is 0 Å². The number of hydrogen-bond donors (Lipinski definition) is 5. The Kier molecular flexibility index (Phi) is 4.88. The second-order valence-corrected chi connectivity index (χ2v) is 5.68. The topological polar surface area (TPSA) is 154 Å². The highest BCUT2D eigenvalue weighted by molar-refractivity contribution is 5.89. The van der Waals surface area contributed by atoms with Crippen molar-refractivity contribution >= 4 is 24.2 Å². The average Bonchev–Trinajstić information content (AvgIpc) is 3.12. The predicted molar refractivity (Wildman–Crippen MR) is 91.4 cm³/mol. The van der Waals surface area contributed by atoms with E-state index in [1.807, 2.05) is 0 Å². The van der Waals surface area contributed by atoms with Gasteiger partial charge in [-0.3, -0.25) is 9.69 Å². The first-order valence-corrected chi connectivity index (χ1v) is 7.84. The lowest BCUT2D eigenvalue weighted by atomic mass is 10.2. The van der Waals surface area contributed by atoms with Gasteiger partial charge in [0.1, 0.15) is 18.9 Å². The molecule has 0 spiro atoms. The van der Waals surface area contributed by atoms with E-state index in [1.165, 1.54) is 37.5 Å². The van der Waals surface area contributed by atoms with Crippen molar-refractivity contribution in [1.29, 1.82) is 0 Å². The van der Waals surface area contributed by atoms with Crippen molar-refractivity contribution in [3.05, 3.63) is 17.7 Å². The van der Waals surface area contributed by atoms with E-state index in [4.69, 9.17) is 9.47 Å². The lowest BCUT2D eigenvalue weighted by Gasteiger charge is -2.19. The highest BCUT2D eigenvalue weighted by Gasteiger charge is 2.45. The van der Waals surface area contributed by atoms with E-state index in [0.717, 1.165) is 0 Å². The maximum Gasteiger partial charge on any atom is 0.321 e. The lowest BCUT2D eigenvalue weighted by molar-refractivity contribution is -0.121. The number of amides is 5. The van der Waals surface area contributed by atoms with Crippen LogP contribution >= 0.6 is 0 Å². The van der Waals surface area contributed by atoms with Gasteiger partial charge in [0.15, 0.2) is 11.5 Å². The Morgan fingerprint density at radius 1 is 1.26 bits per heavy atom. The van der Waals surface area contributed by atoms with Crippen LogP contribution in [0.2, 0.25) is 0 Å². The van der Waals surface area contributed by atoms with Gasteiger partial charge >= 0.3 is 12.1 Å². The van der Waals surface area contributed by atoms with Gasteiger partial charge in [-0.15, -0.1) is 0 Å². The van der Waals surface area contributed by atoms with Crippen molar-refractivity contribution < 1.29 is 29.0 Å². The summed E-state index contributed by atoms with van der Waals surface area (Å²) >= 11 is 0. The molecule has 5 amide bonds. The molecule has 1 aromatic carbocycles. The Hall–Kier alpha value is -3.70. The molecule has 0 aromatic heterocycles. The average molecular weight is 378 g/mol. The first kappa shape index (κ1) is 18.1. The Balaban J connectivity index is 1.61. The number of carbonyl (C=O) groups is 3. The fourth-order valence-electron chi connectivity index (χ4n) is 2.72. The minimum atomic E-state index is -0.648. The number of phenols is 1. The maximum atomic E-state index is 12.0. The molecule has 0 bridgehead atoms. The summed E-state index contributed by atoms with van der Waals surface area (Å²) in [6.07, 6.45) is 0.0947. The van der Waals surface area contributed by atoms with Crippen LogP contribution < -0.4 is 30.8 Å². The molecule has 0 unspecified atom stereocenters. The van der Waals surface area contributed by atoms with Crippen LogP contribution in [-0.2, 0) is 4.79 Å². The quantitative estimate of drug-likeness (QED) is 0.311. The second-order valence-electron chi connectivity index (χ2n) is 5.68. The van der Waals surface area contributed by atoms with Crippen LogP contribution in [0.5, 0.6) is 17.2 Å². The number of urea groups is 2. The Morgan fingerprint density at radius 3 is 2.56 bits per heavy atom. The molecular weight excluding hydrogens is 360 g/mol. The minimum Gasteiger partial charge on any atom is -0.502 e. The second kappa shape index (κ2) is 7.27. The summed E-state index contributed by atoms with van der Waals surface area (Å²) in [5.41, 5.74) is 2.80. The summed E-state index contributed by atoms with van der Waals surface area (Å²) in [5, 5.41) is 21.3. The summed E-state index contributed by atoms with van der Waals surface area (Å²) in [7, 11) is 2.78. The number of nitrogens with one attached hydrogen (secondary N) is 4. The highest BCUT2D eigenvalue weighted by atomic mass is 16.5. The first-order chi connectivity index (χ1) is 12.9. The van der Waals surface area contributed by atoms with Crippen molar-refractivity contribution in [2.24, 2.45) is 5.10 Å². The molecule has 27 heavy (non-hydrogen) atoms. The Bertz CT molecular complexity index is 787. The van der Waals surface area contributed by atoms with Crippen molar-refractivity contribution in [3.63, 3.8) is 0 Å². The van der Waals surface area contributed by atoms with Gasteiger partial charge in [-0.2, -0.15) is 5.10 Å². The first-order valence-electron chi connectivity index (χ1n) is 7.84. The van der Waals surface area contributed by atoms with Crippen molar-refractivity contribution in [2.75, 3.05) is 20.8 Å². The Morgan fingerprint density at radius 2 is 1.93 bits per heavy atom. The van der Waals surface area contributed by atoms with Gasteiger partial charge in [0.25, 0.3) is 5.91 Å². The van der Waals surface area contributed by atoms with Gasteiger partial charge in [-0.05, 0) is 12.1 Å². The summed E-state index contributed by atoms with van der Waals surface area (Å²) in [6, 6.07) is 2.10. The number of benzene rings is 1. The monoisotopic (exact) mass is 378 g/mol. The van der Waals surface area contributed by atoms with E-state index in [-0.39, 0.29) is 23.8 Å². The zero-order chi connectivity index (χ0) is 19.6. The molecule has 0 saturated carbocycles. The van der Waals surface area contributed by atoms with E-state index < -0.39 is 30.3 Å². The molecule has 2 aliphatic heterocycles. The molecule has 2 atom stereocenters. The normalized spacial score (nSPS) is 20.7. The van der Waals surface area contributed by atoms with E-state index in [1.54, 1.807) is 0 Å². The molecule has 12 nitrogen and oxygen atoms in total. The SMILES string of the molecule is COc1cc(/C=N\NC(=O)CN2C(=O)N[C@H]3NC(=O)N[C@H]32)cc(OC)c1O. The number of methoxy groups -OCH3 is 2. The smallest absolute Gasteiger partial charge is 0.321 e. The minimum absolute atomic E-state index is 0.150. The summed E-state index contributed by atoms with van der Waals surface area (Å²) in [6.45, 7) is -0.297. The maximum absolute atomic E-state index is 12.0. The van der Waals surface area contributed by atoms with Crippen molar-refractivity contribution in [2.45, 2.75) is 12.3 Å². The summed E-state index contributed by atoms with van der Waals surface area (Å²) in [5.74, 6) is -0.332. The van der Waals surface area contributed by atoms with Crippen LogP contribution in [0.4, 0.5) is 9.59 Å². The number of hydrogen-bond acceptors (Lipinski definition) is 7. The van der Waals surface area contributed by atoms with E-state index >= 15 is 0 Å². The molecule has 2 saturated heterocycles. The molecule has 0 aliphatic carbocycles. The highest BCUT2D eigenvalue weighted by Crippen LogP contribution is 2.36. The van der Waals surface area contributed by atoms with Gasteiger partial charge in [0, 0.05) is 5.56 Å². The largest absolute Gasteiger partial charge is 0.502 e. The number of carbonyl (C=O) groups excluding carboxylic acids is 3. The van der Waals surface area contributed by atoms with Gasteiger partial charge < -0.3 is 30.5 Å². The predicted octanol–water partition coefficient (Wildman–Crippen LogP) is -1.15. The molecule has 3 rings (SSSR count). The van der Waals surface area contributed by atoms with Crippen LogP contribution in [0.15, 0.2) is 17.2 Å². The van der Waals surface area contributed by atoms with Gasteiger partial charge in [0.2, 0.25) is 5.75 Å². The van der Waals surface area contributed by atoms with Crippen molar-refractivity contribution in [1.82, 2.24) is 26.3 Å². The number of ether oxygens (including phenoxy) is 2. The number of aromatic hydroxyl groups is 1. The van der Waals surface area contributed by atoms with Crippen LogP contribution in [0.25, 0.3) is 0 Å². The molecule has 2 heterocycles. The van der Waals surface area contributed by atoms with E-state index in [2.05, 4.69) is 26.5 Å². The summed E-state index contributed by atoms with van der Waals surface area (Å²) in [4.78, 5) is 36.4. The number of nitrogens with zero attached hydrogens (tertiary/aromatic N) is 2. The van der Waals surface area contributed by atoms with Crippen LogP contribution in [-0.4, -0.2) is 67.3 Å². The third-order valence-electron chi connectivity index (χ3n) is 3.98. The molecule has 12 heteroatoms. The molecule has 5 N–H and O–H groups in total. The molecule has 2 aliphatic rings. The Labute approximate surface area is 153 Å². The lowest BCUT2D eigenvalue weighted by Crippen LogP contribution is -2.47. The fraction of sp³-hybridized carbons (Fsp3) is 0.333. The molecule has 144 valence electrons. The number of hydrazone groups is 1. The number of phenolic OH excluding ortho intramolecular Hbond substituents is 1. The molecular formula is C15H18N6O6.